The molecule has 1 rings (SSSR count). The summed E-state index contributed by atoms with van der Waals surface area (Å²) in [5.41, 5.74) is 0.610. The average Bonchev–Trinajstić information content (AvgIpc) is 2.07. The Hall–Kier alpha value is -0.390. The van der Waals surface area contributed by atoms with E-state index in [4.69, 9.17) is 16.7 Å². The summed E-state index contributed by atoms with van der Waals surface area (Å²) in [6.07, 6.45) is 0. The van der Waals surface area contributed by atoms with Gasteiger partial charge in [-0.15, -0.1) is 0 Å². The quantitative estimate of drug-likeness (QED) is 0.700. The molecule has 0 radical (unpaired) electrons. The molecule has 1 aromatic rings. The van der Waals surface area contributed by atoms with Crippen molar-refractivity contribution in [1.29, 1.82) is 0 Å². The van der Waals surface area contributed by atoms with Gasteiger partial charge < -0.3 is 0 Å². The molecule has 0 aliphatic heterocycles. The fraction of sp³-hybridized carbons (Fsp3) is 0.400. The Morgan fingerprint density at radius 1 is 1.73 bits per heavy atom. The summed E-state index contributed by atoms with van der Waals surface area (Å²) >= 11 is 5.74. The third-order valence-corrected chi connectivity index (χ3v) is 2.74. The van der Waals surface area contributed by atoms with E-state index in [0.717, 1.165) is 0 Å². The molecule has 0 amide bonds. The molecule has 0 aliphatic carbocycles. The summed E-state index contributed by atoms with van der Waals surface area (Å²) in [6, 6.07) is 0. The van der Waals surface area contributed by atoms with Gasteiger partial charge in [0.25, 0.3) is 0 Å². The lowest BCUT2D eigenvalue weighted by molar-refractivity contribution is 0.684. The molecule has 0 saturated carbocycles. The van der Waals surface area contributed by atoms with Gasteiger partial charge in [0.05, 0.1) is 5.69 Å². The van der Waals surface area contributed by atoms with E-state index < -0.39 is 11.0 Å². The zero-order chi connectivity index (χ0) is 8.59. The van der Waals surface area contributed by atoms with E-state index in [9.17, 15) is 4.21 Å². The Labute approximate surface area is 71.9 Å². The molecule has 0 spiro atoms. The number of hydrogen-bond acceptors (Lipinski definition) is 2. The van der Waals surface area contributed by atoms with E-state index in [-0.39, 0.29) is 0 Å². The molecule has 2 N–H and O–H groups in total. The molecule has 6 heteroatoms. The minimum atomic E-state index is -1.55. The number of nitrogens with zero attached hydrogens (tertiary/aromatic N) is 2. The van der Waals surface area contributed by atoms with Crippen molar-refractivity contribution in [2.45, 2.75) is 11.8 Å². The molecule has 1 atom stereocenters. The SMILES string of the molecule is Cc1nn(C)c(Cl)c1S(N)=O. The van der Waals surface area contributed by atoms with E-state index in [0.29, 0.717) is 15.7 Å². The molecule has 0 bridgehead atoms. The summed E-state index contributed by atoms with van der Waals surface area (Å²) < 4.78 is 12.3. The fourth-order valence-electron chi connectivity index (χ4n) is 0.839. The van der Waals surface area contributed by atoms with Gasteiger partial charge in [0, 0.05) is 7.05 Å². The van der Waals surface area contributed by atoms with Gasteiger partial charge in [-0.05, 0) is 6.92 Å². The van der Waals surface area contributed by atoms with E-state index in [2.05, 4.69) is 5.10 Å². The van der Waals surface area contributed by atoms with Crippen LogP contribution in [0.1, 0.15) is 5.69 Å². The standard InChI is InChI=1S/C5H8ClN3OS/c1-3-4(11(7)10)5(6)9(2)8-3/h7H2,1-2H3. The zero-order valence-corrected chi connectivity index (χ0v) is 7.74. The highest BCUT2D eigenvalue weighted by Gasteiger charge is 2.14. The molecule has 1 unspecified atom stereocenters. The topological polar surface area (TPSA) is 60.9 Å². The van der Waals surface area contributed by atoms with Crippen LogP contribution in [-0.2, 0) is 18.0 Å². The molecule has 0 saturated heterocycles. The van der Waals surface area contributed by atoms with Gasteiger partial charge in [-0.1, -0.05) is 11.6 Å². The van der Waals surface area contributed by atoms with Crippen molar-refractivity contribution in [3.8, 4) is 0 Å². The monoisotopic (exact) mass is 193 g/mol. The Kier molecular flexibility index (Phi) is 2.31. The molecule has 1 aromatic heterocycles. The summed E-state index contributed by atoms with van der Waals surface area (Å²) in [5.74, 6) is 0. The van der Waals surface area contributed by atoms with Crippen molar-refractivity contribution >= 4 is 22.6 Å². The number of hydrogen-bond donors (Lipinski definition) is 1. The Morgan fingerprint density at radius 2 is 2.27 bits per heavy atom. The second kappa shape index (κ2) is 2.92. The largest absolute Gasteiger partial charge is 0.256 e. The van der Waals surface area contributed by atoms with Gasteiger partial charge in [-0.25, -0.2) is 9.35 Å². The zero-order valence-electron chi connectivity index (χ0n) is 6.17. The predicted molar refractivity (Wildman–Crippen MR) is 43.6 cm³/mol. The molecular formula is C5H8ClN3OS. The first kappa shape index (κ1) is 8.70. The number of aromatic nitrogens is 2. The van der Waals surface area contributed by atoms with Crippen LogP contribution in [0.5, 0.6) is 0 Å². The third kappa shape index (κ3) is 1.45. The van der Waals surface area contributed by atoms with Crippen LogP contribution in [-0.4, -0.2) is 14.0 Å². The lowest BCUT2D eigenvalue weighted by Gasteiger charge is -1.92. The molecule has 11 heavy (non-hydrogen) atoms. The van der Waals surface area contributed by atoms with Gasteiger partial charge in [-0.2, -0.15) is 5.10 Å². The van der Waals surface area contributed by atoms with Crippen molar-refractivity contribution in [3.05, 3.63) is 10.8 Å². The second-order valence-corrected chi connectivity index (χ2v) is 3.49. The number of aryl methyl sites for hydroxylation is 2. The number of rotatable bonds is 1. The van der Waals surface area contributed by atoms with E-state index >= 15 is 0 Å². The highest BCUT2D eigenvalue weighted by Crippen LogP contribution is 2.20. The smallest absolute Gasteiger partial charge is 0.144 e. The lowest BCUT2D eigenvalue weighted by Crippen LogP contribution is -2.03. The Bertz CT molecular complexity index is 309. The fourth-order valence-corrected chi connectivity index (χ4v) is 1.87. The molecule has 0 aliphatic rings. The van der Waals surface area contributed by atoms with Crippen LogP contribution in [0.25, 0.3) is 0 Å². The molecule has 0 aromatic carbocycles. The van der Waals surface area contributed by atoms with Gasteiger partial charge in [0.2, 0.25) is 0 Å². The van der Waals surface area contributed by atoms with Crippen LogP contribution < -0.4 is 5.14 Å². The van der Waals surface area contributed by atoms with E-state index in [1.807, 2.05) is 0 Å². The Balaban J connectivity index is 3.34. The average molecular weight is 194 g/mol. The second-order valence-electron chi connectivity index (χ2n) is 2.13. The van der Waals surface area contributed by atoms with Crippen LogP contribution in [0.15, 0.2) is 4.90 Å². The predicted octanol–water partition coefficient (Wildman–Crippen LogP) is 0.363. The molecule has 62 valence electrons. The minimum absolute atomic E-state index is 0.336. The summed E-state index contributed by atoms with van der Waals surface area (Å²) in [5, 5.41) is 9.44. The van der Waals surface area contributed by atoms with E-state index in [1.165, 1.54) is 4.68 Å². The maximum Gasteiger partial charge on any atom is 0.144 e. The van der Waals surface area contributed by atoms with Crippen molar-refractivity contribution in [1.82, 2.24) is 9.78 Å². The molecule has 0 fully saturated rings. The highest BCUT2D eigenvalue weighted by molar-refractivity contribution is 7.82. The first-order chi connectivity index (χ1) is 5.04. The minimum Gasteiger partial charge on any atom is -0.256 e. The molecule has 4 nitrogen and oxygen atoms in total. The first-order valence-electron chi connectivity index (χ1n) is 2.89. The van der Waals surface area contributed by atoms with Gasteiger partial charge in [-0.3, -0.25) is 4.68 Å². The van der Waals surface area contributed by atoms with Crippen LogP contribution in [0, 0.1) is 6.92 Å². The first-order valence-corrected chi connectivity index (χ1v) is 4.48. The summed E-state index contributed by atoms with van der Waals surface area (Å²) in [6.45, 7) is 1.71. The van der Waals surface area contributed by atoms with E-state index in [1.54, 1.807) is 14.0 Å². The van der Waals surface area contributed by atoms with Crippen molar-refractivity contribution in [2.75, 3.05) is 0 Å². The van der Waals surface area contributed by atoms with Crippen molar-refractivity contribution < 1.29 is 4.21 Å². The van der Waals surface area contributed by atoms with Gasteiger partial charge in [0.15, 0.2) is 0 Å². The maximum atomic E-state index is 10.9. The number of nitrogens with two attached hydrogens (primary N) is 1. The maximum absolute atomic E-state index is 10.9. The summed E-state index contributed by atoms with van der Waals surface area (Å²) in [7, 11) is 0.126. The number of halogens is 1. The Morgan fingerprint density at radius 3 is 2.45 bits per heavy atom. The summed E-state index contributed by atoms with van der Waals surface area (Å²) in [4.78, 5) is 0.411. The van der Waals surface area contributed by atoms with Crippen LogP contribution >= 0.6 is 11.6 Å². The normalized spacial score (nSPS) is 13.5. The van der Waals surface area contributed by atoms with Gasteiger partial charge >= 0.3 is 0 Å². The van der Waals surface area contributed by atoms with Crippen molar-refractivity contribution in [3.63, 3.8) is 0 Å². The molecule has 1 heterocycles. The highest BCUT2D eigenvalue weighted by atomic mass is 35.5. The van der Waals surface area contributed by atoms with Crippen LogP contribution in [0.4, 0.5) is 0 Å². The van der Waals surface area contributed by atoms with Crippen LogP contribution in [0.2, 0.25) is 5.15 Å². The van der Waals surface area contributed by atoms with Crippen LogP contribution in [0.3, 0.4) is 0 Å². The molecular weight excluding hydrogens is 186 g/mol. The van der Waals surface area contributed by atoms with Crippen molar-refractivity contribution in [2.24, 2.45) is 12.2 Å². The third-order valence-electron chi connectivity index (χ3n) is 1.30. The lowest BCUT2D eigenvalue weighted by atomic mass is 10.5. The van der Waals surface area contributed by atoms with Gasteiger partial charge in [0.1, 0.15) is 21.0 Å².